The molecule has 0 N–H and O–H groups in total. The van der Waals surface area contributed by atoms with Crippen LogP contribution in [0.25, 0.3) is 0 Å². The fourth-order valence-electron chi connectivity index (χ4n) is 4.63. The van der Waals surface area contributed by atoms with Crippen molar-refractivity contribution in [2.24, 2.45) is 5.92 Å². The van der Waals surface area contributed by atoms with Crippen molar-refractivity contribution < 1.29 is 13.2 Å². The molecule has 0 radical (unpaired) electrons. The van der Waals surface area contributed by atoms with E-state index < -0.39 is 10.0 Å². The Balaban J connectivity index is 1.39. The van der Waals surface area contributed by atoms with Gasteiger partial charge in [-0.1, -0.05) is 6.07 Å². The third-order valence-corrected chi connectivity index (χ3v) is 8.30. The molecule has 1 aromatic carbocycles. The summed E-state index contributed by atoms with van der Waals surface area (Å²) in [5.74, 6) is 1.55. The molecule has 1 saturated heterocycles. The van der Waals surface area contributed by atoms with Crippen LogP contribution in [-0.2, 0) is 40.6 Å². The molecule has 1 aromatic heterocycles. The number of nitrogens with zero attached hydrogens (tertiary/aromatic N) is 3. The lowest BCUT2D eigenvalue weighted by Crippen LogP contribution is -2.39. The van der Waals surface area contributed by atoms with Gasteiger partial charge < -0.3 is 9.30 Å². The Bertz CT molecular complexity index is 960. The van der Waals surface area contributed by atoms with E-state index in [0.717, 1.165) is 56.6 Å². The molecule has 2 heterocycles. The normalized spacial score (nSPS) is 18.3. The van der Waals surface area contributed by atoms with Gasteiger partial charge in [-0.05, 0) is 68.2 Å². The van der Waals surface area contributed by atoms with Crippen LogP contribution in [0.15, 0.2) is 29.3 Å². The number of hydrogen-bond donors (Lipinski definition) is 0. The van der Waals surface area contributed by atoms with Gasteiger partial charge in [0.25, 0.3) is 0 Å². The molecule has 0 spiro atoms. The summed E-state index contributed by atoms with van der Waals surface area (Å²) in [6, 6.07) is 5.70. The Morgan fingerprint density at radius 3 is 2.69 bits per heavy atom. The molecule has 2 aliphatic rings. The Labute approximate surface area is 173 Å². The van der Waals surface area contributed by atoms with E-state index in [1.165, 1.54) is 11.1 Å². The van der Waals surface area contributed by atoms with Gasteiger partial charge in [-0.2, -0.15) is 4.31 Å². The zero-order valence-corrected chi connectivity index (χ0v) is 18.2. The molecule has 0 unspecified atom stereocenters. The highest BCUT2D eigenvalue weighted by molar-refractivity contribution is 7.89. The summed E-state index contributed by atoms with van der Waals surface area (Å²) in [5.41, 5.74) is 3.66. The number of rotatable bonds is 7. The largest absolute Gasteiger partial charge is 0.383 e. The van der Waals surface area contributed by atoms with E-state index in [4.69, 9.17) is 4.74 Å². The monoisotopic (exact) mass is 417 g/mol. The van der Waals surface area contributed by atoms with Crippen LogP contribution in [0.3, 0.4) is 0 Å². The number of benzene rings is 1. The summed E-state index contributed by atoms with van der Waals surface area (Å²) in [6.07, 6.45) is 7.75. The summed E-state index contributed by atoms with van der Waals surface area (Å²) < 4.78 is 35.3. The maximum absolute atomic E-state index is 13.1. The summed E-state index contributed by atoms with van der Waals surface area (Å²) in [7, 11) is -1.69. The van der Waals surface area contributed by atoms with Crippen LogP contribution < -0.4 is 0 Å². The van der Waals surface area contributed by atoms with Crippen molar-refractivity contribution in [2.45, 2.75) is 56.9 Å². The molecule has 1 aliphatic heterocycles. The lowest BCUT2D eigenvalue weighted by Gasteiger charge is -2.31. The molecule has 0 saturated carbocycles. The zero-order valence-electron chi connectivity index (χ0n) is 17.4. The van der Waals surface area contributed by atoms with Crippen LogP contribution in [0.5, 0.6) is 0 Å². The highest BCUT2D eigenvalue weighted by Gasteiger charge is 2.30. The molecule has 0 bridgehead atoms. The molecule has 7 heteroatoms. The van der Waals surface area contributed by atoms with E-state index >= 15 is 0 Å². The van der Waals surface area contributed by atoms with Crippen LogP contribution in [-0.4, -0.2) is 49.1 Å². The van der Waals surface area contributed by atoms with E-state index in [1.807, 2.05) is 18.3 Å². The van der Waals surface area contributed by atoms with Gasteiger partial charge in [0.15, 0.2) is 0 Å². The highest BCUT2D eigenvalue weighted by Crippen LogP contribution is 2.29. The minimum absolute atomic E-state index is 0.460. The molecule has 29 heavy (non-hydrogen) atoms. The van der Waals surface area contributed by atoms with E-state index in [-0.39, 0.29) is 0 Å². The molecule has 2 aromatic rings. The third kappa shape index (κ3) is 4.27. The third-order valence-electron chi connectivity index (χ3n) is 6.41. The van der Waals surface area contributed by atoms with Crippen molar-refractivity contribution in [1.29, 1.82) is 0 Å². The summed E-state index contributed by atoms with van der Waals surface area (Å²) in [5, 5.41) is 0. The van der Waals surface area contributed by atoms with Gasteiger partial charge in [0.05, 0.1) is 11.5 Å². The lowest BCUT2D eigenvalue weighted by molar-refractivity contribution is 0.184. The average molecular weight is 418 g/mol. The summed E-state index contributed by atoms with van der Waals surface area (Å²) >= 11 is 0. The highest BCUT2D eigenvalue weighted by atomic mass is 32.2. The number of sulfonamides is 1. The van der Waals surface area contributed by atoms with Gasteiger partial charge in [0.1, 0.15) is 5.82 Å². The second kappa shape index (κ2) is 8.58. The zero-order chi connectivity index (χ0) is 20.4. The minimum Gasteiger partial charge on any atom is -0.383 e. The molecular formula is C22H31N3O3S. The van der Waals surface area contributed by atoms with Crippen molar-refractivity contribution in [3.05, 3.63) is 47.0 Å². The molecule has 4 rings (SSSR count). The molecule has 0 amide bonds. The maximum atomic E-state index is 13.1. The topological polar surface area (TPSA) is 64.4 Å². The second-order valence-electron chi connectivity index (χ2n) is 8.30. The van der Waals surface area contributed by atoms with E-state index in [9.17, 15) is 8.42 Å². The van der Waals surface area contributed by atoms with E-state index in [2.05, 4.69) is 16.5 Å². The summed E-state index contributed by atoms with van der Waals surface area (Å²) in [6.45, 7) is 4.71. The van der Waals surface area contributed by atoms with E-state index in [1.54, 1.807) is 17.5 Å². The van der Waals surface area contributed by atoms with Crippen LogP contribution >= 0.6 is 0 Å². The molecule has 1 aliphatic carbocycles. The van der Waals surface area contributed by atoms with Crippen LogP contribution in [0.4, 0.5) is 0 Å². The van der Waals surface area contributed by atoms with Gasteiger partial charge in [-0.15, -0.1) is 0 Å². The second-order valence-corrected chi connectivity index (χ2v) is 10.2. The maximum Gasteiger partial charge on any atom is 0.243 e. The van der Waals surface area contributed by atoms with Crippen molar-refractivity contribution in [2.75, 3.05) is 26.8 Å². The van der Waals surface area contributed by atoms with E-state index in [0.29, 0.717) is 30.5 Å². The number of fused-ring (bicyclic) bond motifs is 1. The standard InChI is InChI=1S/C22H31N3O3S/c1-17-16-23-22(25(17)12-13-28-2)14-18-8-10-24(11-9-18)29(26,27)21-7-6-19-4-3-5-20(19)15-21/h6-7,15-16,18H,3-5,8-14H2,1-2H3. The number of ether oxygens (including phenoxy) is 1. The quantitative estimate of drug-likeness (QED) is 0.695. The number of piperidine rings is 1. The predicted molar refractivity (Wildman–Crippen MR) is 112 cm³/mol. The first-order chi connectivity index (χ1) is 14.0. The average Bonchev–Trinajstić information content (AvgIpc) is 3.33. The van der Waals surface area contributed by atoms with Crippen molar-refractivity contribution >= 4 is 10.0 Å². The van der Waals surface area contributed by atoms with Crippen molar-refractivity contribution in [3.8, 4) is 0 Å². The first-order valence-corrected chi connectivity index (χ1v) is 12.0. The number of hydrogen-bond acceptors (Lipinski definition) is 4. The predicted octanol–water partition coefficient (Wildman–Crippen LogP) is 2.97. The fraction of sp³-hybridized carbons (Fsp3) is 0.591. The van der Waals surface area contributed by atoms with Crippen LogP contribution in [0.1, 0.15) is 41.9 Å². The van der Waals surface area contributed by atoms with Crippen LogP contribution in [0.2, 0.25) is 0 Å². The van der Waals surface area contributed by atoms with Crippen molar-refractivity contribution in [1.82, 2.24) is 13.9 Å². The first kappa shape index (κ1) is 20.6. The number of aromatic nitrogens is 2. The minimum atomic E-state index is -3.40. The Hall–Kier alpha value is -1.70. The van der Waals surface area contributed by atoms with Crippen LogP contribution in [0, 0.1) is 12.8 Å². The first-order valence-electron chi connectivity index (χ1n) is 10.6. The van der Waals surface area contributed by atoms with Gasteiger partial charge in [-0.25, -0.2) is 13.4 Å². The Morgan fingerprint density at radius 1 is 1.17 bits per heavy atom. The Kier molecular flexibility index (Phi) is 6.08. The van der Waals surface area contributed by atoms with Gasteiger partial charge >= 0.3 is 0 Å². The van der Waals surface area contributed by atoms with Gasteiger partial charge in [-0.3, -0.25) is 0 Å². The number of aryl methyl sites for hydroxylation is 3. The molecule has 6 nitrogen and oxygen atoms in total. The Morgan fingerprint density at radius 2 is 1.93 bits per heavy atom. The smallest absolute Gasteiger partial charge is 0.243 e. The van der Waals surface area contributed by atoms with Crippen molar-refractivity contribution in [3.63, 3.8) is 0 Å². The van der Waals surface area contributed by atoms with Gasteiger partial charge in [0.2, 0.25) is 10.0 Å². The molecule has 1 fully saturated rings. The summed E-state index contributed by atoms with van der Waals surface area (Å²) in [4.78, 5) is 5.05. The number of imidazole rings is 1. The molecular weight excluding hydrogens is 386 g/mol. The lowest BCUT2D eigenvalue weighted by atomic mass is 9.94. The SMILES string of the molecule is COCCn1c(C)cnc1CC1CCN(S(=O)(=O)c2ccc3c(c2)CCC3)CC1. The fourth-order valence-corrected chi connectivity index (χ4v) is 6.15. The van der Waals surface area contributed by atoms with Gasteiger partial charge in [0, 0.05) is 45.1 Å². The molecule has 0 atom stereocenters. The number of methoxy groups -OCH3 is 1. The molecule has 158 valence electrons.